The fraction of sp³-hybridized carbons (Fsp3) is 0.200. The van der Waals surface area contributed by atoms with E-state index in [2.05, 4.69) is 15.3 Å². The second-order valence-electron chi connectivity index (χ2n) is 3.12. The number of hydrogen-bond donors (Lipinski definition) is 0. The Morgan fingerprint density at radius 1 is 1.44 bits per heavy atom. The number of rotatable bonds is 3. The topological polar surface area (TPSA) is 60.7 Å². The first-order valence-electron chi connectivity index (χ1n) is 4.76. The molecule has 0 aliphatic carbocycles. The molecule has 0 aliphatic heterocycles. The molecule has 0 atom stereocenters. The lowest BCUT2D eigenvalue weighted by atomic mass is 10.1. The molecule has 0 saturated carbocycles. The van der Waals surface area contributed by atoms with Crippen molar-refractivity contribution in [3.63, 3.8) is 0 Å². The van der Waals surface area contributed by atoms with Crippen LogP contribution in [0.4, 0.5) is 0 Å². The fourth-order valence-corrected chi connectivity index (χ4v) is 1.62. The standard InChI is InChI=1S/C10H9ClN4O/c1-2-15-9(8(11)6-14-15)10(16)7-3-4-12-13-5-7/h3-6H,2H2,1H3. The van der Waals surface area contributed by atoms with Crippen molar-refractivity contribution < 1.29 is 4.79 Å². The molecule has 82 valence electrons. The summed E-state index contributed by atoms with van der Waals surface area (Å²) in [5, 5.41) is 11.6. The van der Waals surface area contributed by atoms with Gasteiger partial charge in [0.25, 0.3) is 0 Å². The van der Waals surface area contributed by atoms with Gasteiger partial charge in [0.05, 0.1) is 23.6 Å². The molecule has 0 N–H and O–H groups in total. The fourth-order valence-electron chi connectivity index (χ4n) is 1.39. The molecule has 0 radical (unpaired) electrons. The molecule has 0 fully saturated rings. The second-order valence-corrected chi connectivity index (χ2v) is 3.52. The van der Waals surface area contributed by atoms with Crippen LogP contribution in [0, 0.1) is 0 Å². The Hall–Kier alpha value is -1.75. The Kier molecular flexibility index (Phi) is 2.96. The number of ketones is 1. The van der Waals surface area contributed by atoms with E-state index in [1.165, 1.54) is 18.6 Å². The minimum atomic E-state index is -0.195. The quantitative estimate of drug-likeness (QED) is 0.759. The van der Waals surface area contributed by atoms with E-state index in [0.29, 0.717) is 22.8 Å². The van der Waals surface area contributed by atoms with Gasteiger partial charge in [0.1, 0.15) is 5.69 Å². The summed E-state index contributed by atoms with van der Waals surface area (Å²) in [6, 6.07) is 1.60. The van der Waals surface area contributed by atoms with Gasteiger partial charge in [-0.25, -0.2) is 0 Å². The molecule has 5 nitrogen and oxygen atoms in total. The first kappa shape index (κ1) is 10.8. The third-order valence-corrected chi connectivity index (χ3v) is 2.43. The summed E-state index contributed by atoms with van der Waals surface area (Å²) in [6.07, 6.45) is 4.34. The number of carbonyl (C=O) groups excluding carboxylic acids is 1. The number of aromatic nitrogens is 4. The minimum Gasteiger partial charge on any atom is -0.287 e. The highest BCUT2D eigenvalue weighted by atomic mass is 35.5. The van der Waals surface area contributed by atoms with E-state index < -0.39 is 0 Å². The van der Waals surface area contributed by atoms with E-state index in [1.807, 2.05) is 6.92 Å². The van der Waals surface area contributed by atoms with Gasteiger partial charge < -0.3 is 0 Å². The van der Waals surface area contributed by atoms with Crippen LogP contribution in [-0.4, -0.2) is 25.8 Å². The monoisotopic (exact) mass is 236 g/mol. The predicted molar refractivity (Wildman–Crippen MR) is 58.4 cm³/mol. The van der Waals surface area contributed by atoms with Crippen molar-refractivity contribution in [2.75, 3.05) is 0 Å². The molecule has 0 aliphatic rings. The molecule has 0 saturated heterocycles. The minimum absolute atomic E-state index is 0.195. The SMILES string of the molecule is CCn1ncc(Cl)c1C(=O)c1ccnnc1. The largest absolute Gasteiger partial charge is 0.287 e. The Labute approximate surface area is 97.1 Å². The highest BCUT2D eigenvalue weighted by Gasteiger charge is 2.18. The summed E-state index contributed by atoms with van der Waals surface area (Å²) in [5.41, 5.74) is 0.837. The van der Waals surface area contributed by atoms with Gasteiger partial charge in [-0.2, -0.15) is 15.3 Å². The van der Waals surface area contributed by atoms with Crippen LogP contribution in [0.25, 0.3) is 0 Å². The predicted octanol–water partition coefficient (Wildman–Crippen LogP) is 1.58. The van der Waals surface area contributed by atoms with E-state index in [4.69, 9.17) is 11.6 Å². The third-order valence-electron chi connectivity index (χ3n) is 2.16. The maximum Gasteiger partial charge on any atom is 0.214 e. The van der Waals surface area contributed by atoms with Gasteiger partial charge >= 0.3 is 0 Å². The molecule has 0 aromatic carbocycles. The van der Waals surface area contributed by atoms with Crippen molar-refractivity contribution in [1.82, 2.24) is 20.0 Å². The molecule has 0 amide bonds. The van der Waals surface area contributed by atoms with Crippen LogP contribution in [0.5, 0.6) is 0 Å². The van der Waals surface area contributed by atoms with Gasteiger partial charge in [-0.15, -0.1) is 0 Å². The lowest BCUT2D eigenvalue weighted by molar-refractivity contribution is 0.102. The van der Waals surface area contributed by atoms with Crippen LogP contribution < -0.4 is 0 Å². The molecule has 0 spiro atoms. The molecule has 6 heteroatoms. The van der Waals surface area contributed by atoms with Crippen LogP contribution in [0.15, 0.2) is 24.7 Å². The van der Waals surface area contributed by atoms with Crippen LogP contribution in [0.1, 0.15) is 23.0 Å². The lowest BCUT2D eigenvalue weighted by Crippen LogP contribution is -2.11. The molecular formula is C10H9ClN4O. The van der Waals surface area contributed by atoms with Gasteiger partial charge in [-0.3, -0.25) is 9.48 Å². The van der Waals surface area contributed by atoms with Gasteiger partial charge in [-0.1, -0.05) is 11.6 Å². The van der Waals surface area contributed by atoms with Crippen LogP contribution in [0.2, 0.25) is 5.02 Å². The highest BCUT2D eigenvalue weighted by Crippen LogP contribution is 2.18. The van der Waals surface area contributed by atoms with Crippen LogP contribution in [0.3, 0.4) is 0 Å². The molecule has 2 rings (SSSR count). The summed E-state index contributed by atoms with van der Waals surface area (Å²) in [4.78, 5) is 12.1. The summed E-state index contributed by atoms with van der Waals surface area (Å²) in [6.45, 7) is 2.48. The molecular weight excluding hydrogens is 228 g/mol. The van der Waals surface area contributed by atoms with Gasteiger partial charge in [-0.05, 0) is 13.0 Å². The van der Waals surface area contributed by atoms with Crippen molar-refractivity contribution in [2.45, 2.75) is 13.5 Å². The van der Waals surface area contributed by atoms with E-state index in [1.54, 1.807) is 10.7 Å². The van der Waals surface area contributed by atoms with E-state index in [-0.39, 0.29) is 5.78 Å². The zero-order chi connectivity index (χ0) is 11.5. The Balaban J connectivity index is 2.45. The molecule has 2 heterocycles. The average molecular weight is 237 g/mol. The van der Waals surface area contributed by atoms with Crippen molar-refractivity contribution in [3.8, 4) is 0 Å². The average Bonchev–Trinajstić information content (AvgIpc) is 2.70. The maximum atomic E-state index is 12.1. The molecule has 0 unspecified atom stereocenters. The van der Waals surface area contributed by atoms with Crippen molar-refractivity contribution in [2.24, 2.45) is 0 Å². The Morgan fingerprint density at radius 3 is 2.88 bits per heavy atom. The van der Waals surface area contributed by atoms with Crippen molar-refractivity contribution in [3.05, 3.63) is 40.9 Å². The van der Waals surface area contributed by atoms with E-state index >= 15 is 0 Å². The molecule has 2 aromatic heterocycles. The van der Waals surface area contributed by atoms with Crippen LogP contribution >= 0.6 is 11.6 Å². The number of carbonyl (C=O) groups is 1. The smallest absolute Gasteiger partial charge is 0.214 e. The maximum absolute atomic E-state index is 12.1. The van der Waals surface area contributed by atoms with Gasteiger partial charge in [0.15, 0.2) is 0 Å². The van der Waals surface area contributed by atoms with Crippen molar-refractivity contribution in [1.29, 1.82) is 0 Å². The zero-order valence-corrected chi connectivity index (χ0v) is 9.35. The van der Waals surface area contributed by atoms with Crippen LogP contribution in [-0.2, 0) is 6.54 Å². The lowest BCUT2D eigenvalue weighted by Gasteiger charge is -2.03. The summed E-state index contributed by atoms with van der Waals surface area (Å²) < 4.78 is 1.56. The van der Waals surface area contributed by atoms with E-state index in [9.17, 15) is 4.79 Å². The number of nitrogens with zero attached hydrogens (tertiary/aromatic N) is 4. The summed E-state index contributed by atoms with van der Waals surface area (Å²) >= 11 is 5.93. The van der Waals surface area contributed by atoms with Gasteiger partial charge in [0, 0.05) is 12.1 Å². The second kappa shape index (κ2) is 4.40. The summed E-state index contributed by atoms with van der Waals surface area (Å²) in [7, 11) is 0. The third kappa shape index (κ3) is 1.81. The normalized spacial score (nSPS) is 10.4. The molecule has 16 heavy (non-hydrogen) atoms. The number of aryl methyl sites for hydroxylation is 1. The Bertz CT molecular complexity index is 509. The first-order valence-corrected chi connectivity index (χ1v) is 5.14. The van der Waals surface area contributed by atoms with Gasteiger partial charge in [0.2, 0.25) is 5.78 Å². The number of halogens is 1. The van der Waals surface area contributed by atoms with E-state index in [0.717, 1.165) is 0 Å². The molecule has 2 aromatic rings. The first-order chi connectivity index (χ1) is 7.74. The molecule has 0 bridgehead atoms. The number of hydrogen-bond acceptors (Lipinski definition) is 4. The zero-order valence-electron chi connectivity index (χ0n) is 8.59. The highest BCUT2D eigenvalue weighted by molar-refractivity contribution is 6.34. The summed E-state index contributed by atoms with van der Waals surface area (Å²) in [5.74, 6) is -0.195. The van der Waals surface area contributed by atoms with Crippen molar-refractivity contribution >= 4 is 17.4 Å². The Morgan fingerprint density at radius 2 is 2.25 bits per heavy atom.